The van der Waals surface area contributed by atoms with Gasteiger partial charge in [0.1, 0.15) is 11.2 Å². The molecule has 0 saturated carbocycles. The first-order valence-electron chi connectivity index (χ1n) is 20.4. The average Bonchev–Trinajstić information content (AvgIpc) is 3.78. The number of para-hydroxylation sites is 1. The molecule has 1 aromatic heterocycles. The smallest absolute Gasteiger partial charge is 0.135 e. The van der Waals surface area contributed by atoms with Gasteiger partial charge in [-0.15, -0.1) is 0 Å². The van der Waals surface area contributed by atoms with Gasteiger partial charge in [-0.3, -0.25) is 0 Å². The number of anilines is 3. The van der Waals surface area contributed by atoms with Crippen LogP contribution < -0.4 is 4.90 Å². The summed E-state index contributed by atoms with van der Waals surface area (Å²) in [5, 5.41) is 2.29. The van der Waals surface area contributed by atoms with Gasteiger partial charge in [0.25, 0.3) is 0 Å². The molecule has 2 nitrogen and oxygen atoms in total. The predicted molar refractivity (Wildman–Crippen MR) is 248 cm³/mol. The zero-order valence-corrected chi connectivity index (χ0v) is 33.1. The molecule has 0 aliphatic heterocycles. The molecule has 0 bridgehead atoms. The van der Waals surface area contributed by atoms with Gasteiger partial charge in [0.2, 0.25) is 0 Å². The maximum absolute atomic E-state index is 6.08. The molecular formula is C57H41NO. The Morgan fingerprint density at radius 1 is 0.322 bits per heavy atom. The van der Waals surface area contributed by atoms with Gasteiger partial charge in [-0.05, 0) is 127 Å². The van der Waals surface area contributed by atoms with Crippen molar-refractivity contribution in [3.63, 3.8) is 0 Å². The fourth-order valence-electron chi connectivity index (χ4n) is 9.12. The Bertz CT molecular complexity index is 3140. The molecule has 10 aromatic rings. The number of nitrogens with zero attached hydrogens (tertiary/aromatic N) is 1. The lowest BCUT2D eigenvalue weighted by Gasteiger charge is -2.28. The Hall–Kier alpha value is -7.42. The number of benzene rings is 9. The molecule has 9 aromatic carbocycles. The number of fused-ring (bicyclic) bond motifs is 6. The van der Waals surface area contributed by atoms with E-state index in [9.17, 15) is 0 Å². The monoisotopic (exact) mass is 755 g/mol. The lowest BCUT2D eigenvalue weighted by Crippen LogP contribution is -2.16. The lowest BCUT2D eigenvalue weighted by atomic mass is 9.81. The highest BCUT2D eigenvalue weighted by molar-refractivity contribution is 6.06. The average molecular weight is 756 g/mol. The number of furan rings is 1. The van der Waals surface area contributed by atoms with Crippen LogP contribution in [0.15, 0.2) is 217 Å². The molecule has 0 amide bonds. The molecular weight excluding hydrogens is 715 g/mol. The Kier molecular flexibility index (Phi) is 8.20. The van der Waals surface area contributed by atoms with E-state index in [1.54, 1.807) is 0 Å². The summed E-state index contributed by atoms with van der Waals surface area (Å²) in [4.78, 5) is 2.39. The normalized spacial score (nSPS) is 12.7. The summed E-state index contributed by atoms with van der Waals surface area (Å²) < 4.78 is 6.08. The van der Waals surface area contributed by atoms with Crippen molar-refractivity contribution in [3.8, 4) is 55.6 Å². The molecule has 0 fully saturated rings. The fourth-order valence-corrected chi connectivity index (χ4v) is 9.12. The van der Waals surface area contributed by atoms with E-state index >= 15 is 0 Å². The summed E-state index contributed by atoms with van der Waals surface area (Å²) in [5.74, 6) is 0. The van der Waals surface area contributed by atoms with Crippen molar-refractivity contribution in [1.82, 2.24) is 0 Å². The van der Waals surface area contributed by atoms with Crippen LogP contribution in [-0.2, 0) is 5.41 Å². The van der Waals surface area contributed by atoms with Crippen LogP contribution in [0.3, 0.4) is 0 Å². The maximum atomic E-state index is 6.08. The van der Waals surface area contributed by atoms with Gasteiger partial charge >= 0.3 is 0 Å². The maximum Gasteiger partial charge on any atom is 0.135 e. The van der Waals surface area contributed by atoms with Crippen LogP contribution in [-0.4, -0.2) is 0 Å². The van der Waals surface area contributed by atoms with Crippen molar-refractivity contribution in [2.24, 2.45) is 0 Å². The zero-order valence-electron chi connectivity index (χ0n) is 33.1. The summed E-state index contributed by atoms with van der Waals surface area (Å²) in [6, 6.07) is 76.9. The van der Waals surface area contributed by atoms with E-state index in [0.717, 1.165) is 39.0 Å². The molecule has 0 radical (unpaired) electrons. The zero-order chi connectivity index (χ0) is 39.5. The molecule has 11 rings (SSSR count). The first-order chi connectivity index (χ1) is 29.0. The topological polar surface area (TPSA) is 16.4 Å². The summed E-state index contributed by atoms with van der Waals surface area (Å²) >= 11 is 0. The van der Waals surface area contributed by atoms with Gasteiger partial charge < -0.3 is 9.32 Å². The third-order valence-corrected chi connectivity index (χ3v) is 12.3. The molecule has 0 N–H and O–H groups in total. The second kappa shape index (κ2) is 13.9. The summed E-state index contributed by atoms with van der Waals surface area (Å²) in [5.41, 5.74) is 20.0. The molecule has 1 aliphatic rings. The van der Waals surface area contributed by atoms with Gasteiger partial charge in [-0.2, -0.15) is 0 Å². The molecule has 0 atom stereocenters. The lowest BCUT2D eigenvalue weighted by molar-refractivity contribution is 0.660. The third-order valence-electron chi connectivity index (χ3n) is 12.3. The first kappa shape index (κ1) is 34.8. The van der Waals surface area contributed by atoms with Crippen LogP contribution in [0, 0.1) is 0 Å². The van der Waals surface area contributed by atoms with Gasteiger partial charge in [-0.25, -0.2) is 0 Å². The molecule has 0 unspecified atom stereocenters. The highest BCUT2D eigenvalue weighted by atomic mass is 16.3. The quantitative estimate of drug-likeness (QED) is 0.161. The molecule has 0 saturated heterocycles. The predicted octanol–water partition coefficient (Wildman–Crippen LogP) is 16.0. The Morgan fingerprint density at radius 3 is 1.36 bits per heavy atom. The second-order valence-electron chi connectivity index (χ2n) is 16.2. The van der Waals surface area contributed by atoms with Crippen molar-refractivity contribution in [2.45, 2.75) is 19.3 Å². The van der Waals surface area contributed by atoms with E-state index in [-0.39, 0.29) is 5.41 Å². The Labute approximate surface area is 345 Å². The van der Waals surface area contributed by atoms with E-state index in [1.165, 1.54) is 66.8 Å². The Morgan fingerprint density at radius 2 is 0.729 bits per heavy atom. The van der Waals surface area contributed by atoms with Crippen LogP contribution in [0.4, 0.5) is 17.1 Å². The van der Waals surface area contributed by atoms with Crippen molar-refractivity contribution in [3.05, 3.63) is 223 Å². The standard InChI is InChI=1S/C57H41NO/c1-57(2)53-36-45(39-13-7-4-8-14-39)25-32-49(53)50-33-31-48(37-54(50)57)58(46-27-21-41(22-28-46)38-11-5-3-6-12-38)47-29-23-42(24-30-47)40-17-19-43(20-18-40)44-26-34-56-52(35-44)51-15-9-10-16-55(51)59-56/h3-37H,1-2H3. The van der Waals surface area contributed by atoms with E-state index in [4.69, 9.17) is 4.42 Å². The highest BCUT2D eigenvalue weighted by Gasteiger charge is 2.36. The summed E-state index contributed by atoms with van der Waals surface area (Å²) in [6.45, 7) is 4.74. The van der Waals surface area contributed by atoms with E-state index in [2.05, 4.69) is 219 Å². The van der Waals surface area contributed by atoms with Gasteiger partial charge in [-0.1, -0.05) is 166 Å². The molecule has 2 heteroatoms. The second-order valence-corrected chi connectivity index (χ2v) is 16.2. The largest absolute Gasteiger partial charge is 0.456 e. The molecule has 280 valence electrons. The molecule has 0 spiro atoms. The fraction of sp³-hybridized carbons (Fsp3) is 0.0526. The van der Waals surface area contributed by atoms with Crippen LogP contribution in [0.25, 0.3) is 77.6 Å². The number of hydrogen-bond acceptors (Lipinski definition) is 2. The van der Waals surface area contributed by atoms with E-state index in [1.807, 2.05) is 12.1 Å². The third kappa shape index (κ3) is 6.04. The van der Waals surface area contributed by atoms with Gasteiger partial charge in [0.15, 0.2) is 0 Å². The molecule has 1 heterocycles. The molecule has 1 aliphatic carbocycles. The molecule has 59 heavy (non-hydrogen) atoms. The van der Waals surface area contributed by atoms with Crippen molar-refractivity contribution in [1.29, 1.82) is 0 Å². The van der Waals surface area contributed by atoms with Crippen molar-refractivity contribution < 1.29 is 4.42 Å². The van der Waals surface area contributed by atoms with Gasteiger partial charge in [0, 0.05) is 33.2 Å². The minimum absolute atomic E-state index is 0.164. The number of hydrogen-bond donors (Lipinski definition) is 0. The van der Waals surface area contributed by atoms with E-state index < -0.39 is 0 Å². The highest BCUT2D eigenvalue weighted by Crippen LogP contribution is 2.51. The minimum Gasteiger partial charge on any atom is -0.456 e. The van der Waals surface area contributed by atoms with Crippen LogP contribution in [0.2, 0.25) is 0 Å². The summed E-state index contributed by atoms with van der Waals surface area (Å²) in [6.07, 6.45) is 0. The van der Waals surface area contributed by atoms with Crippen LogP contribution >= 0.6 is 0 Å². The first-order valence-corrected chi connectivity index (χ1v) is 20.4. The SMILES string of the molecule is CC1(C)c2cc(-c3ccccc3)ccc2-c2ccc(N(c3ccc(-c4ccccc4)cc3)c3ccc(-c4ccc(-c5ccc6oc7ccccc7c6c5)cc4)cc3)cc21. The van der Waals surface area contributed by atoms with Gasteiger partial charge in [0.05, 0.1) is 0 Å². The van der Waals surface area contributed by atoms with Crippen molar-refractivity contribution in [2.75, 3.05) is 4.90 Å². The van der Waals surface area contributed by atoms with E-state index in [0.29, 0.717) is 0 Å². The number of rotatable bonds is 7. The van der Waals surface area contributed by atoms with Crippen molar-refractivity contribution >= 4 is 39.0 Å². The van der Waals surface area contributed by atoms with Crippen LogP contribution in [0.1, 0.15) is 25.0 Å². The van der Waals surface area contributed by atoms with Crippen LogP contribution in [0.5, 0.6) is 0 Å². The summed E-state index contributed by atoms with van der Waals surface area (Å²) in [7, 11) is 0. The minimum atomic E-state index is -0.164. The Balaban J connectivity index is 0.941.